The Kier molecular flexibility index (Phi) is 4.36. The van der Waals surface area contributed by atoms with E-state index in [9.17, 15) is 9.18 Å². The van der Waals surface area contributed by atoms with Gasteiger partial charge in [-0.05, 0) is 38.1 Å². The maximum atomic E-state index is 13.4. The van der Waals surface area contributed by atoms with Crippen molar-refractivity contribution in [3.63, 3.8) is 0 Å². The van der Waals surface area contributed by atoms with Crippen molar-refractivity contribution >= 4 is 32.6 Å². The van der Waals surface area contributed by atoms with Crippen molar-refractivity contribution in [2.45, 2.75) is 20.4 Å². The first-order chi connectivity index (χ1) is 12.5. The number of piperazine rings is 1. The van der Waals surface area contributed by atoms with Gasteiger partial charge in [-0.1, -0.05) is 11.3 Å². The van der Waals surface area contributed by atoms with Crippen LogP contribution in [0.2, 0.25) is 0 Å². The molecule has 4 rings (SSSR count). The first-order valence-corrected chi connectivity index (χ1v) is 9.41. The van der Waals surface area contributed by atoms with Gasteiger partial charge in [0.15, 0.2) is 5.13 Å². The molecule has 0 saturated carbocycles. The average molecular weight is 373 g/mol. The number of halogens is 1. The number of nitrogens with zero attached hydrogens (tertiary/aromatic N) is 5. The maximum Gasteiger partial charge on any atom is 0.244 e. The van der Waals surface area contributed by atoms with Crippen molar-refractivity contribution in [1.29, 1.82) is 0 Å². The van der Waals surface area contributed by atoms with Crippen LogP contribution in [-0.2, 0) is 11.3 Å². The molecule has 0 unspecified atom stereocenters. The van der Waals surface area contributed by atoms with Gasteiger partial charge in [-0.2, -0.15) is 5.10 Å². The predicted octanol–water partition coefficient (Wildman–Crippen LogP) is 2.60. The van der Waals surface area contributed by atoms with Gasteiger partial charge in [0, 0.05) is 31.9 Å². The van der Waals surface area contributed by atoms with Gasteiger partial charge in [0.25, 0.3) is 0 Å². The van der Waals surface area contributed by atoms with Gasteiger partial charge in [-0.25, -0.2) is 9.37 Å². The summed E-state index contributed by atoms with van der Waals surface area (Å²) in [6, 6.07) is 6.63. The number of aromatic nitrogens is 3. The minimum atomic E-state index is -0.243. The number of carbonyl (C=O) groups excluding carboxylic acids is 1. The van der Waals surface area contributed by atoms with E-state index in [1.165, 1.54) is 23.5 Å². The summed E-state index contributed by atoms with van der Waals surface area (Å²) >= 11 is 1.49. The van der Waals surface area contributed by atoms with Gasteiger partial charge in [0.05, 0.1) is 15.9 Å². The van der Waals surface area contributed by atoms with E-state index in [1.807, 2.05) is 24.8 Å². The van der Waals surface area contributed by atoms with E-state index in [0.29, 0.717) is 13.1 Å². The second kappa shape index (κ2) is 6.68. The average Bonchev–Trinajstić information content (AvgIpc) is 3.17. The fraction of sp³-hybridized carbons (Fsp3) is 0.389. The molecule has 0 atom stereocenters. The molecular formula is C18H20FN5OS. The van der Waals surface area contributed by atoms with Crippen molar-refractivity contribution in [3.8, 4) is 0 Å². The summed E-state index contributed by atoms with van der Waals surface area (Å²) in [5.41, 5.74) is 2.73. The summed E-state index contributed by atoms with van der Waals surface area (Å²) in [7, 11) is 0. The Morgan fingerprint density at radius 3 is 2.65 bits per heavy atom. The van der Waals surface area contributed by atoms with Gasteiger partial charge < -0.3 is 9.80 Å². The first-order valence-electron chi connectivity index (χ1n) is 8.59. The summed E-state index contributed by atoms with van der Waals surface area (Å²) in [6.45, 7) is 6.93. The molecule has 1 fully saturated rings. The quantitative estimate of drug-likeness (QED) is 0.708. The molecule has 0 radical (unpaired) electrons. The fourth-order valence-electron chi connectivity index (χ4n) is 3.23. The SMILES string of the molecule is Cc1cc(C)n(CC(=O)N2CCN(c3nc4ccc(F)cc4s3)CC2)n1. The van der Waals surface area contributed by atoms with Crippen molar-refractivity contribution < 1.29 is 9.18 Å². The summed E-state index contributed by atoms with van der Waals surface area (Å²) in [5.74, 6) is -0.158. The molecule has 26 heavy (non-hydrogen) atoms. The van der Waals surface area contributed by atoms with Gasteiger partial charge in [-0.3, -0.25) is 9.48 Å². The number of amides is 1. The molecule has 0 spiro atoms. The van der Waals surface area contributed by atoms with Gasteiger partial charge in [0.2, 0.25) is 5.91 Å². The minimum absolute atomic E-state index is 0.0854. The Bertz CT molecular complexity index is 958. The number of carbonyl (C=O) groups is 1. The van der Waals surface area contributed by atoms with Crippen molar-refractivity contribution in [2.24, 2.45) is 0 Å². The number of fused-ring (bicyclic) bond motifs is 1. The normalized spacial score (nSPS) is 15.0. The lowest BCUT2D eigenvalue weighted by atomic mass is 10.3. The summed E-state index contributed by atoms with van der Waals surface area (Å²) in [4.78, 5) is 21.2. The molecule has 0 aliphatic carbocycles. The fourth-order valence-corrected chi connectivity index (χ4v) is 4.27. The lowest BCUT2D eigenvalue weighted by Crippen LogP contribution is -2.49. The molecule has 0 N–H and O–H groups in total. The topological polar surface area (TPSA) is 54.3 Å². The molecule has 0 bridgehead atoms. The number of aryl methyl sites for hydroxylation is 2. The third-order valence-electron chi connectivity index (χ3n) is 4.63. The molecule has 2 aromatic heterocycles. The summed E-state index contributed by atoms with van der Waals surface area (Å²) in [6.07, 6.45) is 0. The van der Waals surface area contributed by atoms with Crippen LogP contribution in [0.15, 0.2) is 24.3 Å². The number of rotatable bonds is 3. The highest BCUT2D eigenvalue weighted by molar-refractivity contribution is 7.22. The van der Waals surface area contributed by atoms with Crippen LogP contribution < -0.4 is 4.90 Å². The minimum Gasteiger partial charge on any atom is -0.345 e. The van der Waals surface area contributed by atoms with Crippen LogP contribution in [-0.4, -0.2) is 51.8 Å². The van der Waals surface area contributed by atoms with Crippen LogP contribution in [0.5, 0.6) is 0 Å². The zero-order valence-corrected chi connectivity index (χ0v) is 15.6. The Morgan fingerprint density at radius 1 is 1.19 bits per heavy atom. The Balaban J connectivity index is 1.40. The number of hydrogen-bond donors (Lipinski definition) is 0. The van der Waals surface area contributed by atoms with Crippen LogP contribution in [0.25, 0.3) is 10.2 Å². The summed E-state index contributed by atoms with van der Waals surface area (Å²) in [5, 5.41) is 5.24. The van der Waals surface area contributed by atoms with E-state index >= 15 is 0 Å². The van der Waals surface area contributed by atoms with Crippen LogP contribution >= 0.6 is 11.3 Å². The van der Waals surface area contributed by atoms with Crippen LogP contribution in [0.1, 0.15) is 11.4 Å². The first kappa shape index (κ1) is 17.0. The highest BCUT2D eigenvalue weighted by Crippen LogP contribution is 2.29. The van der Waals surface area contributed by atoms with E-state index in [1.54, 1.807) is 10.7 Å². The molecule has 3 aromatic rings. The van der Waals surface area contributed by atoms with Gasteiger partial charge >= 0.3 is 0 Å². The van der Waals surface area contributed by atoms with Crippen LogP contribution in [0.3, 0.4) is 0 Å². The van der Waals surface area contributed by atoms with E-state index in [-0.39, 0.29) is 18.3 Å². The molecule has 136 valence electrons. The van der Waals surface area contributed by atoms with E-state index in [4.69, 9.17) is 0 Å². The highest BCUT2D eigenvalue weighted by atomic mass is 32.1. The largest absolute Gasteiger partial charge is 0.345 e. The molecule has 3 heterocycles. The molecule has 8 heteroatoms. The number of anilines is 1. The Labute approximate surface area is 154 Å². The van der Waals surface area contributed by atoms with E-state index < -0.39 is 0 Å². The maximum absolute atomic E-state index is 13.4. The Morgan fingerprint density at radius 2 is 1.96 bits per heavy atom. The standard InChI is InChI=1S/C18H20FN5OS/c1-12-9-13(2)24(21-12)11-17(25)22-5-7-23(8-6-22)18-20-15-4-3-14(19)10-16(15)26-18/h3-4,9-10H,5-8,11H2,1-2H3. The van der Waals surface area contributed by atoms with Crippen molar-refractivity contribution in [1.82, 2.24) is 19.7 Å². The third-order valence-corrected chi connectivity index (χ3v) is 5.71. The summed E-state index contributed by atoms with van der Waals surface area (Å²) < 4.78 is 16.0. The van der Waals surface area contributed by atoms with Crippen molar-refractivity contribution in [3.05, 3.63) is 41.5 Å². The third kappa shape index (κ3) is 3.29. The lowest BCUT2D eigenvalue weighted by Gasteiger charge is -2.34. The molecule has 1 aliphatic rings. The smallest absolute Gasteiger partial charge is 0.244 e. The number of thiazole rings is 1. The molecule has 1 aromatic carbocycles. The second-order valence-electron chi connectivity index (χ2n) is 6.56. The van der Waals surface area contributed by atoms with Crippen LogP contribution in [0, 0.1) is 19.7 Å². The molecule has 1 saturated heterocycles. The van der Waals surface area contributed by atoms with Gasteiger partial charge in [0.1, 0.15) is 12.4 Å². The van der Waals surface area contributed by atoms with E-state index in [2.05, 4.69) is 15.0 Å². The number of hydrogen-bond acceptors (Lipinski definition) is 5. The van der Waals surface area contributed by atoms with Gasteiger partial charge in [-0.15, -0.1) is 0 Å². The predicted molar refractivity (Wildman–Crippen MR) is 100 cm³/mol. The molecular weight excluding hydrogens is 353 g/mol. The number of benzene rings is 1. The zero-order valence-electron chi connectivity index (χ0n) is 14.8. The van der Waals surface area contributed by atoms with E-state index in [0.717, 1.165) is 39.8 Å². The molecule has 1 aliphatic heterocycles. The zero-order chi connectivity index (χ0) is 18.3. The Hall–Kier alpha value is -2.48. The van der Waals surface area contributed by atoms with Crippen molar-refractivity contribution in [2.75, 3.05) is 31.1 Å². The monoisotopic (exact) mass is 373 g/mol. The second-order valence-corrected chi connectivity index (χ2v) is 7.57. The molecule has 6 nitrogen and oxygen atoms in total. The highest BCUT2D eigenvalue weighted by Gasteiger charge is 2.23. The lowest BCUT2D eigenvalue weighted by molar-refractivity contribution is -0.132. The molecule has 1 amide bonds. The van der Waals surface area contributed by atoms with Crippen LogP contribution in [0.4, 0.5) is 9.52 Å².